The predicted molar refractivity (Wildman–Crippen MR) is 80.8 cm³/mol. The molecular weight excluding hydrogens is 268 g/mol. The molecule has 1 aliphatic carbocycles. The van der Waals surface area contributed by atoms with Gasteiger partial charge in [0.15, 0.2) is 0 Å². The maximum absolute atomic E-state index is 10.8. The number of hydrogen-bond donors (Lipinski definition) is 1. The van der Waals surface area contributed by atoms with Gasteiger partial charge in [-0.2, -0.15) is 0 Å². The summed E-state index contributed by atoms with van der Waals surface area (Å²) in [6, 6.07) is 12.9. The Morgan fingerprint density at radius 1 is 1.29 bits per heavy atom. The van der Waals surface area contributed by atoms with Crippen molar-refractivity contribution < 1.29 is 9.66 Å². The molecule has 0 amide bonds. The predicted octanol–water partition coefficient (Wildman–Crippen LogP) is 3.70. The molecule has 1 unspecified atom stereocenters. The molecule has 0 spiro atoms. The van der Waals surface area contributed by atoms with Gasteiger partial charge in [-0.05, 0) is 42.2 Å². The number of ether oxygens (including phenoxy) is 1. The first kappa shape index (κ1) is 13.4. The van der Waals surface area contributed by atoms with E-state index < -0.39 is 0 Å². The van der Waals surface area contributed by atoms with E-state index in [-0.39, 0.29) is 16.7 Å². The van der Waals surface area contributed by atoms with Gasteiger partial charge in [0.2, 0.25) is 0 Å². The van der Waals surface area contributed by atoms with Crippen molar-refractivity contribution in [1.82, 2.24) is 0 Å². The van der Waals surface area contributed by atoms with Crippen molar-refractivity contribution in [2.45, 2.75) is 18.9 Å². The van der Waals surface area contributed by atoms with E-state index in [0.717, 1.165) is 24.3 Å². The van der Waals surface area contributed by atoms with Crippen LogP contribution in [0.2, 0.25) is 0 Å². The van der Waals surface area contributed by atoms with Crippen LogP contribution in [0.25, 0.3) is 0 Å². The monoisotopic (exact) mass is 284 g/mol. The van der Waals surface area contributed by atoms with Crippen molar-refractivity contribution in [2.75, 3.05) is 12.4 Å². The van der Waals surface area contributed by atoms with Crippen molar-refractivity contribution in [1.29, 1.82) is 0 Å². The number of methoxy groups -OCH3 is 1. The number of anilines is 1. The molecule has 0 bridgehead atoms. The molecule has 0 aliphatic heterocycles. The lowest BCUT2D eigenvalue weighted by atomic mass is 10.1. The van der Waals surface area contributed by atoms with Crippen LogP contribution in [0.1, 0.15) is 23.6 Å². The summed E-state index contributed by atoms with van der Waals surface area (Å²) < 4.78 is 5.27. The molecular formula is C16H16N2O3. The molecule has 1 aliphatic rings. The van der Waals surface area contributed by atoms with Gasteiger partial charge in [0.1, 0.15) is 5.75 Å². The second kappa shape index (κ2) is 5.44. The summed E-state index contributed by atoms with van der Waals surface area (Å²) in [6.45, 7) is 0. The fraction of sp³-hybridized carbons (Fsp3) is 0.250. The average Bonchev–Trinajstić information content (AvgIpc) is 2.89. The second-order valence-electron chi connectivity index (χ2n) is 5.11. The van der Waals surface area contributed by atoms with E-state index in [0.29, 0.717) is 0 Å². The van der Waals surface area contributed by atoms with Crippen LogP contribution in [0.4, 0.5) is 11.4 Å². The van der Waals surface area contributed by atoms with Crippen LogP contribution in [0.15, 0.2) is 42.5 Å². The van der Waals surface area contributed by atoms with Gasteiger partial charge >= 0.3 is 0 Å². The molecule has 2 aromatic rings. The lowest BCUT2D eigenvalue weighted by molar-refractivity contribution is -0.384. The zero-order chi connectivity index (χ0) is 14.8. The summed E-state index contributed by atoms with van der Waals surface area (Å²) in [5.41, 5.74) is 3.38. The molecule has 21 heavy (non-hydrogen) atoms. The molecule has 0 fully saturated rings. The molecule has 5 heteroatoms. The van der Waals surface area contributed by atoms with Gasteiger partial charge in [-0.25, -0.2) is 0 Å². The Kier molecular flexibility index (Phi) is 3.48. The van der Waals surface area contributed by atoms with Crippen molar-refractivity contribution in [3.05, 3.63) is 63.7 Å². The Hall–Kier alpha value is -2.56. The minimum absolute atomic E-state index is 0.101. The lowest BCUT2D eigenvalue weighted by Gasteiger charge is -2.16. The summed E-state index contributed by atoms with van der Waals surface area (Å²) in [7, 11) is 1.65. The highest BCUT2D eigenvalue weighted by Gasteiger charge is 2.23. The van der Waals surface area contributed by atoms with Gasteiger partial charge in [0, 0.05) is 17.8 Å². The highest BCUT2D eigenvalue weighted by molar-refractivity contribution is 5.54. The van der Waals surface area contributed by atoms with Gasteiger partial charge in [-0.1, -0.05) is 12.1 Å². The summed E-state index contributed by atoms with van der Waals surface area (Å²) in [5, 5.41) is 14.2. The number of nitro benzene ring substituents is 1. The average molecular weight is 284 g/mol. The normalized spacial score (nSPS) is 16.3. The summed E-state index contributed by atoms with van der Waals surface area (Å²) in [4.78, 5) is 10.5. The number of rotatable bonds is 4. The molecule has 1 N–H and O–H groups in total. The molecule has 3 rings (SSSR count). The first-order valence-electron chi connectivity index (χ1n) is 6.85. The zero-order valence-corrected chi connectivity index (χ0v) is 11.7. The summed E-state index contributed by atoms with van der Waals surface area (Å²) >= 11 is 0. The number of nitrogens with one attached hydrogen (secondary N) is 1. The Morgan fingerprint density at radius 2 is 2.14 bits per heavy atom. The lowest BCUT2D eigenvalue weighted by Crippen LogP contribution is -2.07. The second-order valence-corrected chi connectivity index (χ2v) is 5.11. The van der Waals surface area contributed by atoms with Crippen LogP contribution in [-0.2, 0) is 6.42 Å². The van der Waals surface area contributed by atoms with Gasteiger partial charge in [0.05, 0.1) is 18.1 Å². The van der Waals surface area contributed by atoms with Gasteiger partial charge < -0.3 is 10.1 Å². The van der Waals surface area contributed by atoms with Gasteiger partial charge in [0.25, 0.3) is 5.69 Å². The molecule has 0 aromatic heterocycles. The first-order valence-corrected chi connectivity index (χ1v) is 6.85. The molecule has 108 valence electrons. The van der Waals surface area contributed by atoms with E-state index in [2.05, 4.69) is 11.4 Å². The number of hydrogen-bond acceptors (Lipinski definition) is 4. The van der Waals surface area contributed by atoms with Crippen LogP contribution < -0.4 is 10.1 Å². The number of nitro groups is 1. The third-order valence-corrected chi connectivity index (χ3v) is 3.83. The highest BCUT2D eigenvalue weighted by atomic mass is 16.6. The largest absolute Gasteiger partial charge is 0.497 e. The van der Waals surface area contributed by atoms with E-state index in [1.165, 1.54) is 17.2 Å². The van der Waals surface area contributed by atoms with E-state index in [1.54, 1.807) is 19.2 Å². The fourth-order valence-electron chi connectivity index (χ4n) is 2.77. The standard InChI is InChI=1S/C16H16N2O3/c1-21-14-7-5-11-6-8-16(15(11)10-14)17-12-3-2-4-13(9-12)18(19)20/h2-5,7,9-10,16-17H,6,8H2,1H3. The molecule has 0 heterocycles. The number of fused-ring (bicyclic) bond motifs is 1. The number of nitrogens with zero attached hydrogens (tertiary/aromatic N) is 1. The number of aryl methyl sites for hydroxylation is 1. The molecule has 1 atom stereocenters. The third-order valence-electron chi connectivity index (χ3n) is 3.83. The Morgan fingerprint density at radius 3 is 2.90 bits per heavy atom. The van der Waals surface area contributed by atoms with Crippen molar-refractivity contribution in [3.8, 4) is 5.75 Å². The topological polar surface area (TPSA) is 64.4 Å². The molecule has 5 nitrogen and oxygen atoms in total. The minimum atomic E-state index is -0.378. The number of benzene rings is 2. The van der Waals surface area contributed by atoms with Crippen molar-refractivity contribution in [3.63, 3.8) is 0 Å². The van der Waals surface area contributed by atoms with E-state index in [9.17, 15) is 10.1 Å². The maximum Gasteiger partial charge on any atom is 0.271 e. The first-order chi connectivity index (χ1) is 10.2. The SMILES string of the molecule is COc1ccc2c(c1)C(Nc1cccc([N+](=O)[O-])c1)CC2. The summed E-state index contributed by atoms with van der Waals surface area (Å²) in [5.74, 6) is 0.835. The van der Waals surface area contributed by atoms with E-state index >= 15 is 0 Å². The van der Waals surface area contributed by atoms with Crippen LogP contribution >= 0.6 is 0 Å². The quantitative estimate of drug-likeness (QED) is 0.686. The van der Waals surface area contributed by atoms with Crippen molar-refractivity contribution >= 4 is 11.4 Å². The van der Waals surface area contributed by atoms with Crippen molar-refractivity contribution in [2.24, 2.45) is 0 Å². The smallest absolute Gasteiger partial charge is 0.271 e. The fourth-order valence-corrected chi connectivity index (χ4v) is 2.77. The molecule has 0 radical (unpaired) electrons. The van der Waals surface area contributed by atoms with E-state index in [4.69, 9.17) is 4.74 Å². The Bertz CT molecular complexity index is 685. The van der Waals surface area contributed by atoms with Crippen LogP contribution in [0.3, 0.4) is 0 Å². The Balaban J connectivity index is 1.85. The zero-order valence-electron chi connectivity index (χ0n) is 11.7. The molecule has 2 aromatic carbocycles. The van der Waals surface area contributed by atoms with E-state index in [1.807, 2.05) is 18.2 Å². The summed E-state index contributed by atoms with van der Waals surface area (Å²) in [6.07, 6.45) is 1.98. The third kappa shape index (κ3) is 2.67. The molecule has 0 saturated carbocycles. The highest BCUT2D eigenvalue weighted by Crippen LogP contribution is 2.36. The Labute approximate surface area is 122 Å². The van der Waals surface area contributed by atoms with Gasteiger partial charge in [-0.3, -0.25) is 10.1 Å². The van der Waals surface area contributed by atoms with Crippen LogP contribution in [-0.4, -0.2) is 12.0 Å². The van der Waals surface area contributed by atoms with Crippen LogP contribution in [0.5, 0.6) is 5.75 Å². The minimum Gasteiger partial charge on any atom is -0.497 e. The maximum atomic E-state index is 10.8. The number of non-ortho nitro benzene ring substituents is 1. The molecule has 0 saturated heterocycles. The van der Waals surface area contributed by atoms with Crippen LogP contribution in [0, 0.1) is 10.1 Å². The van der Waals surface area contributed by atoms with Gasteiger partial charge in [-0.15, -0.1) is 0 Å².